The average molecular weight is 473 g/mol. The van der Waals surface area contributed by atoms with Crippen molar-refractivity contribution in [3.8, 4) is 17.3 Å². The van der Waals surface area contributed by atoms with Crippen LogP contribution in [-0.4, -0.2) is 31.1 Å². The van der Waals surface area contributed by atoms with Crippen LogP contribution in [0.3, 0.4) is 0 Å². The van der Waals surface area contributed by atoms with Gasteiger partial charge >= 0.3 is 11.9 Å². The molecule has 0 unspecified atom stereocenters. The van der Waals surface area contributed by atoms with E-state index in [9.17, 15) is 14.9 Å². The van der Waals surface area contributed by atoms with Crippen molar-refractivity contribution in [1.82, 2.24) is 4.98 Å². The zero-order chi connectivity index (χ0) is 22.5. The number of carbonyl (C=O) groups is 2. The summed E-state index contributed by atoms with van der Waals surface area (Å²) in [7, 11) is 2.48. The van der Waals surface area contributed by atoms with Gasteiger partial charge in [0.05, 0.1) is 46.7 Å². The monoisotopic (exact) mass is 472 g/mol. The van der Waals surface area contributed by atoms with Gasteiger partial charge in [-0.1, -0.05) is 29.3 Å². The van der Waals surface area contributed by atoms with E-state index >= 15 is 0 Å². The van der Waals surface area contributed by atoms with Crippen LogP contribution in [0.2, 0.25) is 10.0 Å². The Balaban J connectivity index is 2.03. The minimum Gasteiger partial charge on any atom is -0.465 e. The minimum absolute atomic E-state index is 0.157. The highest BCUT2D eigenvalue weighted by Crippen LogP contribution is 2.31. The molecule has 0 atom stereocenters. The Morgan fingerprint density at radius 3 is 2.23 bits per heavy atom. The molecule has 0 saturated carbocycles. The normalized spacial score (nSPS) is 11.0. The molecule has 0 amide bonds. The molecule has 1 aromatic heterocycles. The number of methoxy groups -OCH3 is 2. The zero-order valence-corrected chi connectivity index (χ0v) is 18.6. The van der Waals surface area contributed by atoms with Crippen LogP contribution in [0.1, 0.15) is 31.3 Å². The first kappa shape index (κ1) is 22.5. The molecular formula is C22H14Cl2N2O4S. The summed E-state index contributed by atoms with van der Waals surface area (Å²) in [6.07, 6.45) is 1.54. The van der Waals surface area contributed by atoms with Crippen LogP contribution in [0.5, 0.6) is 0 Å². The SMILES string of the molecule is COC(=O)c1cc(C=C(C#N)c2nc(-c3ccc(Cl)c(Cl)c3)cs2)cc(C(=O)OC)c1. The maximum Gasteiger partial charge on any atom is 0.337 e. The fraction of sp³-hybridized carbons (Fsp3) is 0.0909. The van der Waals surface area contributed by atoms with Crippen LogP contribution < -0.4 is 0 Å². The van der Waals surface area contributed by atoms with Gasteiger partial charge in [0, 0.05) is 10.9 Å². The second-order valence-corrected chi connectivity index (χ2v) is 7.84. The number of allylic oxidation sites excluding steroid dienone is 1. The van der Waals surface area contributed by atoms with E-state index in [-0.39, 0.29) is 16.7 Å². The van der Waals surface area contributed by atoms with E-state index in [1.54, 1.807) is 23.6 Å². The maximum absolute atomic E-state index is 12.0. The summed E-state index contributed by atoms with van der Waals surface area (Å²) in [6, 6.07) is 11.7. The molecule has 0 bridgehead atoms. The van der Waals surface area contributed by atoms with E-state index in [0.717, 1.165) is 5.56 Å². The summed E-state index contributed by atoms with van der Waals surface area (Å²) in [5.74, 6) is -1.23. The van der Waals surface area contributed by atoms with Crippen LogP contribution in [-0.2, 0) is 9.47 Å². The predicted molar refractivity (Wildman–Crippen MR) is 120 cm³/mol. The third kappa shape index (κ3) is 5.12. The third-order valence-electron chi connectivity index (χ3n) is 4.18. The smallest absolute Gasteiger partial charge is 0.337 e. The second kappa shape index (κ2) is 9.75. The lowest BCUT2D eigenvalue weighted by atomic mass is 10.0. The predicted octanol–water partition coefficient (Wildman–Crippen LogP) is 5.75. The van der Waals surface area contributed by atoms with Crippen molar-refractivity contribution in [2.75, 3.05) is 14.2 Å². The fourth-order valence-corrected chi connectivity index (χ4v) is 3.79. The molecule has 3 rings (SSSR count). The standard InChI is InChI=1S/C22H14Cl2N2O4S/c1-29-21(27)14-5-12(6-15(8-14)22(28)30-2)7-16(10-25)20-26-19(11-31-20)13-3-4-17(23)18(24)9-13/h3-9,11H,1-2H3. The number of benzene rings is 2. The van der Waals surface area contributed by atoms with Crippen molar-refractivity contribution in [2.24, 2.45) is 0 Å². The summed E-state index contributed by atoms with van der Waals surface area (Å²) in [6.45, 7) is 0. The molecule has 156 valence electrons. The van der Waals surface area contributed by atoms with Gasteiger partial charge in [-0.15, -0.1) is 11.3 Å². The molecule has 0 spiro atoms. The number of thiazole rings is 1. The van der Waals surface area contributed by atoms with E-state index < -0.39 is 11.9 Å². The summed E-state index contributed by atoms with van der Waals surface area (Å²) in [5.41, 5.74) is 2.42. The van der Waals surface area contributed by atoms with Gasteiger partial charge in [-0.25, -0.2) is 14.6 Å². The molecule has 0 aliphatic rings. The Morgan fingerprint density at radius 1 is 1.03 bits per heavy atom. The number of esters is 2. The van der Waals surface area contributed by atoms with Crippen LogP contribution in [0, 0.1) is 11.3 Å². The molecule has 9 heteroatoms. The lowest BCUT2D eigenvalue weighted by molar-refractivity contribution is 0.0599. The summed E-state index contributed by atoms with van der Waals surface area (Å²) >= 11 is 13.3. The first-order valence-corrected chi connectivity index (χ1v) is 10.3. The Hall–Kier alpha value is -3.18. The van der Waals surface area contributed by atoms with E-state index in [1.807, 2.05) is 0 Å². The van der Waals surface area contributed by atoms with Crippen LogP contribution in [0.15, 0.2) is 41.8 Å². The molecule has 2 aromatic carbocycles. The largest absolute Gasteiger partial charge is 0.465 e. The highest BCUT2D eigenvalue weighted by Gasteiger charge is 2.15. The van der Waals surface area contributed by atoms with E-state index in [4.69, 9.17) is 32.7 Å². The first-order chi connectivity index (χ1) is 14.9. The topological polar surface area (TPSA) is 89.3 Å². The number of carbonyl (C=O) groups excluding carboxylic acids is 2. The lowest BCUT2D eigenvalue weighted by Crippen LogP contribution is -2.07. The molecule has 3 aromatic rings. The molecular weight excluding hydrogens is 459 g/mol. The van der Waals surface area contributed by atoms with E-state index in [2.05, 4.69) is 11.1 Å². The van der Waals surface area contributed by atoms with Crippen molar-refractivity contribution >= 4 is 58.1 Å². The number of ether oxygens (including phenoxy) is 2. The Kier molecular flexibility index (Phi) is 7.08. The van der Waals surface area contributed by atoms with Gasteiger partial charge in [-0.2, -0.15) is 5.26 Å². The van der Waals surface area contributed by atoms with Crippen molar-refractivity contribution in [1.29, 1.82) is 5.26 Å². The van der Waals surface area contributed by atoms with Gasteiger partial charge in [-0.3, -0.25) is 0 Å². The molecule has 6 nitrogen and oxygen atoms in total. The highest BCUT2D eigenvalue weighted by atomic mass is 35.5. The quantitative estimate of drug-likeness (QED) is 0.346. The van der Waals surface area contributed by atoms with E-state index in [1.165, 1.54) is 49.8 Å². The Bertz CT molecular complexity index is 1210. The Morgan fingerprint density at radius 2 is 1.68 bits per heavy atom. The second-order valence-electron chi connectivity index (χ2n) is 6.16. The number of nitrogens with zero attached hydrogens (tertiary/aromatic N) is 2. The van der Waals surface area contributed by atoms with Crippen molar-refractivity contribution in [3.05, 3.63) is 73.5 Å². The number of nitriles is 1. The van der Waals surface area contributed by atoms with Gasteiger partial charge in [0.15, 0.2) is 0 Å². The molecule has 0 aliphatic carbocycles. The molecule has 1 heterocycles. The van der Waals surface area contributed by atoms with Gasteiger partial charge in [0.1, 0.15) is 11.1 Å². The van der Waals surface area contributed by atoms with Gasteiger partial charge in [-0.05, 0) is 42.0 Å². The first-order valence-electron chi connectivity index (χ1n) is 8.71. The van der Waals surface area contributed by atoms with Crippen molar-refractivity contribution < 1.29 is 19.1 Å². The van der Waals surface area contributed by atoms with E-state index in [0.29, 0.717) is 26.3 Å². The van der Waals surface area contributed by atoms with Gasteiger partial charge in [0.25, 0.3) is 0 Å². The van der Waals surface area contributed by atoms with Gasteiger partial charge < -0.3 is 9.47 Å². The molecule has 0 saturated heterocycles. The van der Waals surface area contributed by atoms with Gasteiger partial charge in [0.2, 0.25) is 0 Å². The third-order valence-corrected chi connectivity index (χ3v) is 5.79. The molecule has 0 N–H and O–H groups in total. The summed E-state index contributed by atoms with van der Waals surface area (Å²) < 4.78 is 9.48. The van der Waals surface area contributed by atoms with Crippen LogP contribution in [0.4, 0.5) is 0 Å². The molecule has 0 radical (unpaired) electrons. The average Bonchev–Trinajstić information content (AvgIpc) is 3.28. The van der Waals surface area contributed by atoms with Crippen molar-refractivity contribution in [2.45, 2.75) is 0 Å². The van der Waals surface area contributed by atoms with Crippen LogP contribution in [0.25, 0.3) is 22.9 Å². The molecule has 31 heavy (non-hydrogen) atoms. The zero-order valence-electron chi connectivity index (χ0n) is 16.3. The number of aromatic nitrogens is 1. The number of hydrogen-bond acceptors (Lipinski definition) is 7. The highest BCUT2D eigenvalue weighted by molar-refractivity contribution is 7.11. The lowest BCUT2D eigenvalue weighted by Gasteiger charge is -2.06. The summed E-state index contributed by atoms with van der Waals surface area (Å²) in [4.78, 5) is 28.5. The Labute approximate surface area is 192 Å². The molecule has 0 fully saturated rings. The fourth-order valence-electron chi connectivity index (χ4n) is 2.70. The van der Waals surface area contributed by atoms with Crippen LogP contribution >= 0.6 is 34.5 Å². The number of halogens is 2. The molecule has 0 aliphatic heterocycles. The number of hydrogen-bond donors (Lipinski definition) is 0. The number of rotatable bonds is 5. The van der Waals surface area contributed by atoms with Crippen molar-refractivity contribution in [3.63, 3.8) is 0 Å². The summed E-state index contributed by atoms with van der Waals surface area (Å²) in [5, 5.41) is 12.8. The maximum atomic E-state index is 12.0. The minimum atomic E-state index is -0.616.